The summed E-state index contributed by atoms with van der Waals surface area (Å²) in [7, 11) is 0. The number of benzene rings is 2. The van der Waals surface area contributed by atoms with Gasteiger partial charge in [-0.15, -0.1) is 0 Å². The molecule has 5 rings (SSSR count). The van der Waals surface area contributed by atoms with E-state index in [0.717, 1.165) is 22.4 Å². The molecule has 3 heterocycles. The summed E-state index contributed by atoms with van der Waals surface area (Å²) in [6.07, 6.45) is 0.778. The molecule has 4 unspecified atom stereocenters. The molecule has 44 heavy (non-hydrogen) atoms. The Kier molecular flexibility index (Phi) is 10.1. The Morgan fingerprint density at radius 1 is 1.07 bits per heavy atom. The van der Waals surface area contributed by atoms with Crippen molar-refractivity contribution in [3.63, 3.8) is 0 Å². The number of carbonyl (C=O) groups is 3. The second-order valence-electron chi connectivity index (χ2n) is 10.6. The maximum absolute atomic E-state index is 13.1. The SMILES string of the molecule is C=C1c2ccccc2NC1NC(CNC(=O)COC1CC(CNc2ccccn2)N(C(=O)OCc2ccccc2)C1)C(=O)O. The average Bonchev–Trinajstić information content (AvgIpc) is 3.61. The van der Waals surface area contributed by atoms with Gasteiger partial charge < -0.3 is 35.4 Å². The Morgan fingerprint density at radius 2 is 1.84 bits per heavy atom. The van der Waals surface area contributed by atoms with Crippen molar-refractivity contribution in [1.82, 2.24) is 20.5 Å². The molecule has 12 nitrogen and oxygen atoms in total. The van der Waals surface area contributed by atoms with E-state index in [0.29, 0.717) is 18.8 Å². The minimum atomic E-state index is -1.11. The fraction of sp³-hybridized carbons (Fsp3) is 0.312. The van der Waals surface area contributed by atoms with Crippen LogP contribution in [0.4, 0.5) is 16.3 Å². The molecule has 4 atom stereocenters. The number of hydrogen-bond donors (Lipinski definition) is 5. The number of nitrogens with zero attached hydrogens (tertiary/aromatic N) is 2. The normalized spacial score (nSPS) is 19.5. The molecule has 2 aromatic carbocycles. The van der Waals surface area contributed by atoms with Crippen molar-refractivity contribution in [2.45, 2.75) is 37.4 Å². The predicted molar refractivity (Wildman–Crippen MR) is 165 cm³/mol. The van der Waals surface area contributed by atoms with Crippen molar-refractivity contribution >= 4 is 35.0 Å². The van der Waals surface area contributed by atoms with Crippen LogP contribution in [0.5, 0.6) is 0 Å². The number of likely N-dealkylation sites (tertiary alicyclic amines) is 1. The highest BCUT2D eigenvalue weighted by molar-refractivity contribution is 5.86. The van der Waals surface area contributed by atoms with Gasteiger partial charge in [0.05, 0.1) is 18.7 Å². The molecule has 1 fully saturated rings. The quantitative estimate of drug-likeness (QED) is 0.198. The molecule has 1 saturated heterocycles. The fourth-order valence-corrected chi connectivity index (χ4v) is 5.21. The molecular formula is C32H36N6O6. The van der Waals surface area contributed by atoms with Crippen LogP contribution in [0, 0.1) is 0 Å². The van der Waals surface area contributed by atoms with Crippen LogP contribution in [0.15, 0.2) is 85.6 Å². The molecule has 230 valence electrons. The summed E-state index contributed by atoms with van der Waals surface area (Å²) < 4.78 is 11.4. The number of carbonyl (C=O) groups excluding carboxylic acids is 2. The number of aliphatic carboxylic acids is 1. The third kappa shape index (κ3) is 7.91. The van der Waals surface area contributed by atoms with Crippen LogP contribution in [0.25, 0.3) is 5.57 Å². The standard InChI is InChI=1S/C32H36N6O6/c1-21-25-11-5-6-12-26(25)36-30(21)37-27(31(40)41)17-35-29(39)20-43-24-15-23(16-34-28-13-7-8-14-33-28)38(18-24)32(42)44-19-22-9-3-2-4-10-22/h2-14,23-24,27,30,36-37H,1,15-20H2,(H,33,34)(H,35,39)(H,40,41). The van der Waals surface area contributed by atoms with Crippen LogP contribution in [0.2, 0.25) is 0 Å². The zero-order valence-electron chi connectivity index (χ0n) is 24.1. The van der Waals surface area contributed by atoms with Gasteiger partial charge in [0.15, 0.2) is 0 Å². The number of carboxylic acid groups (broad SMARTS) is 1. The van der Waals surface area contributed by atoms with Crippen LogP contribution >= 0.6 is 0 Å². The Hall–Kier alpha value is -4.94. The van der Waals surface area contributed by atoms with Crippen molar-refractivity contribution in [2.75, 3.05) is 36.9 Å². The van der Waals surface area contributed by atoms with E-state index in [1.54, 1.807) is 11.1 Å². The number of aromatic nitrogens is 1. The van der Waals surface area contributed by atoms with Crippen molar-refractivity contribution in [2.24, 2.45) is 0 Å². The van der Waals surface area contributed by atoms with Crippen molar-refractivity contribution in [1.29, 1.82) is 0 Å². The van der Waals surface area contributed by atoms with Gasteiger partial charge in [-0.05, 0) is 35.8 Å². The van der Waals surface area contributed by atoms with Gasteiger partial charge in [-0.2, -0.15) is 0 Å². The van der Waals surface area contributed by atoms with E-state index in [9.17, 15) is 19.5 Å². The third-order valence-corrected chi connectivity index (χ3v) is 7.54. The zero-order chi connectivity index (χ0) is 30.9. The summed E-state index contributed by atoms with van der Waals surface area (Å²) in [5.74, 6) is -0.899. The van der Waals surface area contributed by atoms with Gasteiger partial charge in [-0.3, -0.25) is 14.9 Å². The van der Waals surface area contributed by atoms with Crippen LogP contribution in [0.3, 0.4) is 0 Å². The minimum Gasteiger partial charge on any atom is -0.480 e. The van der Waals surface area contributed by atoms with Crippen molar-refractivity contribution in [3.05, 3.63) is 96.7 Å². The first kappa shape index (κ1) is 30.5. The fourth-order valence-electron chi connectivity index (χ4n) is 5.21. The largest absolute Gasteiger partial charge is 0.480 e. The first-order valence-electron chi connectivity index (χ1n) is 14.4. The number of ether oxygens (including phenoxy) is 2. The number of anilines is 2. The lowest BCUT2D eigenvalue weighted by atomic mass is 10.1. The van der Waals surface area contributed by atoms with Gasteiger partial charge in [0, 0.05) is 30.5 Å². The molecule has 5 N–H and O–H groups in total. The number of pyridine rings is 1. The molecule has 12 heteroatoms. The van der Waals surface area contributed by atoms with Crippen LogP contribution in [-0.2, 0) is 25.7 Å². The van der Waals surface area contributed by atoms with Gasteiger partial charge in [-0.1, -0.05) is 61.2 Å². The zero-order valence-corrected chi connectivity index (χ0v) is 24.1. The highest BCUT2D eigenvalue weighted by atomic mass is 16.6. The van der Waals surface area contributed by atoms with Crippen molar-refractivity contribution in [3.8, 4) is 0 Å². The van der Waals surface area contributed by atoms with E-state index < -0.39 is 36.3 Å². The Morgan fingerprint density at radius 3 is 2.59 bits per heavy atom. The van der Waals surface area contributed by atoms with Gasteiger partial charge in [0.2, 0.25) is 5.91 Å². The van der Waals surface area contributed by atoms with E-state index in [2.05, 4.69) is 32.8 Å². The Bertz CT molecular complexity index is 1460. The molecule has 1 aromatic heterocycles. The number of nitrogens with one attached hydrogen (secondary N) is 4. The monoisotopic (exact) mass is 600 g/mol. The summed E-state index contributed by atoms with van der Waals surface area (Å²) in [5, 5.41) is 21.8. The smallest absolute Gasteiger partial charge is 0.410 e. The molecule has 2 amide bonds. The summed E-state index contributed by atoms with van der Waals surface area (Å²) in [5.41, 5.74) is 3.37. The average molecular weight is 601 g/mol. The molecule has 2 aliphatic heterocycles. The minimum absolute atomic E-state index is 0.138. The van der Waals surface area contributed by atoms with Crippen molar-refractivity contribution < 1.29 is 29.0 Å². The maximum atomic E-state index is 13.1. The van der Waals surface area contributed by atoms with E-state index in [4.69, 9.17) is 9.47 Å². The van der Waals surface area contributed by atoms with Crippen LogP contribution in [-0.4, -0.2) is 83.6 Å². The van der Waals surface area contributed by atoms with Crippen LogP contribution < -0.4 is 21.3 Å². The molecule has 0 bridgehead atoms. The Labute approximate surface area is 255 Å². The molecule has 0 saturated carbocycles. The number of para-hydroxylation sites is 1. The number of hydrogen-bond acceptors (Lipinski definition) is 9. The number of carboxylic acids is 1. The topological polar surface area (TPSA) is 154 Å². The summed E-state index contributed by atoms with van der Waals surface area (Å²) in [6, 6.07) is 21.2. The second kappa shape index (κ2) is 14.5. The predicted octanol–water partition coefficient (Wildman–Crippen LogP) is 2.91. The third-order valence-electron chi connectivity index (χ3n) is 7.54. The lowest BCUT2D eigenvalue weighted by molar-refractivity contribution is -0.139. The summed E-state index contributed by atoms with van der Waals surface area (Å²) >= 11 is 0. The van der Waals surface area contributed by atoms with E-state index >= 15 is 0 Å². The van der Waals surface area contributed by atoms with Gasteiger partial charge in [-0.25, -0.2) is 9.78 Å². The van der Waals surface area contributed by atoms with E-state index in [-0.39, 0.29) is 32.3 Å². The van der Waals surface area contributed by atoms with E-state index in [1.165, 1.54) is 0 Å². The number of rotatable bonds is 13. The Balaban J connectivity index is 1.11. The lowest BCUT2D eigenvalue weighted by Crippen LogP contribution is -2.52. The molecule has 0 spiro atoms. The van der Waals surface area contributed by atoms with Gasteiger partial charge in [0.1, 0.15) is 31.2 Å². The van der Waals surface area contributed by atoms with Gasteiger partial charge >= 0.3 is 12.1 Å². The molecule has 2 aliphatic rings. The van der Waals surface area contributed by atoms with E-state index in [1.807, 2.05) is 72.8 Å². The summed E-state index contributed by atoms with van der Waals surface area (Å²) in [6.45, 7) is 4.42. The molecule has 0 radical (unpaired) electrons. The number of fused-ring (bicyclic) bond motifs is 1. The lowest BCUT2D eigenvalue weighted by Gasteiger charge is -2.24. The maximum Gasteiger partial charge on any atom is 0.410 e. The first-order chi connectivity index (χ1) is 21.4. The first-order valence-corrected chi connectivity index (χ1v) is 14.4. The highest BCUT2D eigenvalue weighted by Crippen LogP contribution is 2.32. The van der Waals surface area contributed by atoms with Gasteiger partial charge in [0.25, 0.3) is 0 Å². The molecule has 0 aliphatic carbocycles. The molecular weight excluding hydrogens is 564 g/mol. The number of amides is 2. The summed E-state index contributed by atoms with van der Waals surface area (Å²) in [4.78, 5) is 43.5. The molecule has 3 aromatic rings. The highest BCUT2D eigenvalue weighted by Gasteiger charge is 2.37. The second-order valence-corrected chi connectivity index (χ2v) is 10.6. The van der Waals surface area contributed by atoms with Crippen LogP contribution in [0.1, 0.15) is 17.5 Å².